The molecule has 0 aliphatic rings. The number of nitrogens with zero attached hydrogens (tertiary/aromatic N) is 1. The number of benzene rings is 1. The summed E-state index contributed by atoms with van der Waals surface area (Å²) >= 11 is 0. The van der Waals surface area contributed by atoms with Crippen molar-refractivity contribution in [3.8, 4) is 0 Å². The zero-order chi connectivity index (χ0) is 10.8. The van der Waals surface area contributed by atoms with E-state index in [0.717, 1.165) is 16.6 Å². The molecule has 0 saturated heterocycles. The predicted octanol–water partition coefficient (Wildman–Crippen LogP) is 3.02. The molecule has 80 valence electrons. The molecule has 1 aromatic carbocycles. The van der Waals surface area contributed by atoms with Gasteiger partial charge in [-0.25, -0.2) is 0 Å². The topological polar surface area (TPSA) is 40.7 Å². The number of nitrogens with one attached hydrogen (secondary N) is 2. The number of rotatable bonds is 3. The van der Waals surface area contributed by atoms with E-state index in [0.29, 0.717) is 12.0 Å². The van der Waals surface area contributed by atoms with Crippen LogP contribution in [0.3, 0.4) is 0 Å². The molecule has 1 aromatic heterocycles. The van der Waals surface area contributed by atoms with E-state index < -0.39 is 0 Å². The second-order valence-electron chi connectivity index (χ2n) is 4.35. The average molecular weight is 203 g/mol. The first-order valence-electron chi connectivity index (χ1n) is 5.36. The first kappa shape index (κ1) is 10.0. The second-order valence-corrected chi connectivity index (χ2v) is 4.35. The van der Waals surface area contributed by atoms with Crippen LogP contribution < -0.4 is 5.32 Å². The minimum absolute atomic E-state index is 0.477. The lowest BCUT2D eigenvalue weighted by molar-refractivity contribution is 0.560. The third kappa shape index (κ3) is 2.12. The maximum Gasteiger partial charge on any atom is 0.0670 e. The summed E-state index contributed by atoms with van der Waals surface area (Å²) in [4.78, 5) is 0. The molecular formula is C12H17N3. The van der Waals surface area contributed by atoms with Gasteiger partial charge in [0.2, 0.25) is 0 Å². The summed E-state index contributed by atoms with van der Waals surface area (Å²) in [6.45, 7) is 6.63. The molecule has 1 atom stereocenters. The Labute approximate surface area is 89.9 Å². The summed E-state index contributed by atoms with van der Waals surface area (Å²) in [6.07, 6.45) is 1.84. The standard InChI is InChI=1S/C12H17N3/c1-8(2)9(3)14-11-5-4-10-7-13-15-12(10)6-11/h4-9,14H,1-3H3,(H,13,15). The van der Waals surface area contributed by atoms with Gasteiger partial charge in [-0.1, -0.05) is 13.8 Å². The van der Waals surface area contributed by atoms with Crippen LogP contribution in [0.5, 0.6) is 0 Å². The Bertz CT molecular complexity index is 445. The van der Waals surface area contributed by atoms with Crippen LogP contribution in [0.1, 0.15) is 20.8 Å². The summed E-state index contributed by atoms with van der Waals surface area (Å²) in [5.41, 5.74) is 2.23. The summed E-state index contributed by atoms with van der Waals surface area (Å²) in [5.74, 6) is 0.627. The molecule has 1 unspecified atom stereocenters. The average Bonchev–Trinajstić information content (AvgIpc) is 2.64. The molecule has 0 spiro atoms. The molecule has 15 heavy (non-hydrogen) atoms. The summed E-state index contributed by atoms with van der Waals surface area (Å²) in [5, 5.41) is 11.6. The van der Waals surface area contributed by atoms with Gasteiger partial charge in [0.1, 0.15) is 0 Å². The van der Waals surface area contributed by atoms with Crippen molar-refractivity contribution < 1.29 is 0 Å². The number of fused-ring (bicyclic) bond motifs is 1. The largest absolute Gasteiger partial charge is 0.382 e. The molecule has 2 aromatic rings. The number of aromatic nitrogens is 2. The third-order valence-electron chi connectivity index (χ3n) is 2.84. The lowest BCUT2D eigenvalue weighted by atomic mass is 10.1. The molecular weight excluding hydrogens is 186 g/mol. The monoisotopic (exact) mass is 203 g/mol. The van der Waals surface area contributed by atoms with Crippen molar-refractivity contribution in [2.45, 2.75) is 26.8 Å². The van der Waals surface area contributed by atoms with Gasteiger partial charge in [-0.05, 0) is 31.0 Å². The van der Waals surface area contributed by atoms with Crippen molar-refractivity contribution in [1.82, 2.24) is 10.2 Å². The molecule has 0 radical (unpaired) electrons. The number of aromatic amines is 1. The Hall–Kier alpha value is -1.51. The number of hydrogen-bond donors (Lipinski definition) is 2. The smallest absolute Gasteiger partial charge is 0.0670 e. The Kier molecular flexibility index (Phi) is 2.62. The molecule has 0 saturated carbocycles. The van der Waals surface area contributed by atoms with Crippen LogP contribution in [0, 0.1) is 5.92 Å². The van der Waals surface area contributed by atoms with Gasteiger partial charge >= 0.3 is 0 Å². The van der Waals surface area contributed by atoms with E-state index in [2.05, 4.69) is 54.5 Å². The van der Waals surface area contributed by atoms with Gasteiger partial charge in [0, 0.05) is 17.1 Å². The van der Waals surface area contributed by atoms with Crippen LogP contribution in [-0.4, -0.2) is 16.2 Å². The van der Waals surface area contributed by atoms with Crippen molar-refractivity contribution >= 4 is 16.6 Å². The van der Waals surface area contributed by atoms with Crippen molar-refractivity contribution in [3.05, 3.63) is 24.4 Å². The lowest BCUT2D eigenvalue weighted by Crippen LogP contribution is -2.21. The molecule has 0 fully saturated rings. The normalized spacial score (nSPS) is 13.3. The Balaban J connectivity index is 2.21. The summed E-state index contributed by atoms with van der Waals surface area (Å²) in [6, 6.07) is 6.75. The van der Waals surface area contributed by atoms with Gasteiger partial charge < -0.3 is 5.32 Å². The van der Waals surface area contributed by atoms with Crippen molar-refractivity contribution in [2.75, 3.05) is 5.32 Å². The summed E-state index contributed by atoms with van der Waals surface area (Å²) in [7, 11) is 0. The number of anilines is 1. The fourth-order valence-electron chi connectivity index (χ4n) is 1.46. The first-order chi connectivity index (χ1) is 7.16. The van der Waals surface area contributed by atoms with E-state index >= 15 is 0 Å². The Morgan fingerprint density at radius 3 is 2.80 bits per heavy atom. The van der Waals surface area contributed by atoms with E-state index in [1.807, 2.05) is 6.20 Å². The quantitative estimate of drug-likeness (QED) is 0.805. The van der Waals surface area contributed by atoms with Gasteiger partial charge in [0.15, 0.2) is 0 Å². The van der Waals surface area contributed by atoms with Gasteiger partial charge in [-0.3, -0.25) is 5.10 Å². The van der Waals surface area contributed by atoms with Gasteiger partial charge in [-0.15, -0.1) is 0 Å². The van der Waals surface area contributed by atoms with Crippen LogP contribution >= 0.6 is 0 Å². The number of hydrogen-bond acceptors (Lipinski definition) is 2. The SMILES string of the molecule is CC(C)C(C)Nc1ccc2cn[nH]c2c1. The molecule has 3 heteroatoms. The van der Waals surface area contributed by atoms with E-state index in [-0.39, 0.29) is 0 Å². The van der Waals surface area contributed by atoms with Crippen LogP contribution in [0.25, 0.3) is 10.9 Å². The number of H-pyrrole nitrogens is 1. The fraction of sp³-hybridized carbons (Fsp3) is 0.417. The molecule has 3 nitrogen and oxygen atoms in total. The highest BCUT2D eigenvalue weighted by Gasteiger charge is 2.06. The van der Waals surface area contributed by atoms with Gasteiger partial charge in [0.05, 0.1) is 11.7 Å². The summed E-state index contributed by atoms with van der Waals surface area (Å²) < 4.78 is 0. The van der Waals surface area contributed by atoms with E-state index in [1.165, 1.54) is 0 Å². The van der Waals surface area contributed by atoms with Crippen LogP contribution in [0.2, 0.25) is 0 Å². The molecule has 2 N–H and O–H groups in total. The third-order valence-corrected chi connectivity index (χ3v) is 2.84. The molecule has 0 aliphatic carbocycles. The van der Waals surface area contributed by atoms with Crippen molar-refractivity contribution in [1.29, 1.82) is 0 Å². The molecule has 0 aliphatic heterocycles. The van der Waals surface area contributed by atoms with Crippen molar-refractivity contribution in [3.63, 3.8) is 0 Å². The van der Waals surface area contributed by atoms with Crippen molar-refractivity contribution in [2.24, 2.45) is 5.92 Å². The highest BCUT2D eigenvalue weighted by molar-refractivity contribution is 5.81. The minimum atomic E-state index is 0.477. The predicted molar refractivity (Wildman–Crippen MR) is 64.0 cm³/mol. The first-order valence-corrected chi connectivity index (χ1v) is 5.36. The van der Waals surface area contributed by atoms with Gasteiger partial charge in [-0.2, -0.15) is 5.10 Å². The minimum Gasteiger partial charge on any atom is -0.382 e. The molecule has 0 bridgehead atoms. The zero-order valence-corrected chi connectivity index (χ0v) is 9.41. The Morgan fingerprint density at radius 1 is 1.27 bits per heavy atom. The fourth-order valence-corrected chi connectivity index (χ4v) is 1.46. The maximum atomic E-state index is 4.00. The van der Waals surface area contributed by atoms with Crippen LogP contribution in [-0.2, 0) is 0 Å². The van der Waals surface area contributed by atoms with E-state index in [1.54, 1.807) is 0 Å². The van der Waals surface area contributed by atoms with E-state index in [9.17, 15) is 0 Å². The van der Waals surface area contributed by atoms with Crippen LogP contribution in [0.15, 0.2) is 24.4 Å². The highest BCUT2D eigenvalue weighted by Crippen LogP contribution is 2.18. The van der Waals surface area contributed by atoms with Crippen LogP contribution in [0.4, 0.5) is 5.69 Å². The van der Waals surface area contributed by atoms with E-state index in [4.69, 9.17) is 0 Å². The maximum absolute atomic E-state index is 4.00. The molecule has 0 amide bonds. The second kappa shape index (κ2) is 3.93. The van der Waals surface area contributed by atoms with Gasteiger partial charge in [0.25, 0.3) is 0 Å². The molecule has 1 heterocycles. The Morgan fingerprint density at radius 2 is 2.07 bits per heavy atom. The molecule has 2 rings (SSSR count). The highest BCUT2D eigenvalue weighted by atomic mass is 15.1. The lowest BCUT2D eigenvalue weighted by Gasteiger charge is -2.18. The zero-order valence-electron chi connectivity index (χ0n) is 9.41.